The molecule has 0 bridgehead atoms. The Kier molecular flexibility index (Phi) is 5.82. The molecule has 2 aromatic rings. The standard InChI is InChI=1S/C24H30ClN5O2/c1-16-14-19(31)21-20(16)22(28-15-27-21)29-10-12-30(13-11-29)23(32)24(6-8-26-9-7-24)17-2-4-18(25)5-3-17/h2-5,15-16,19,26,31H,6-14H2,1H3/t16-,19-/m1/s1. The molecule has 0 saturated carbocycles. The summed E-state index contributed by atoms with van der Waals surface area (Å²) in [5.74, 6) is 1.37. The van der Waals surface area contributed by atoms with Crippen LogP contribution < -0.4 is 10.2 Å². The van der Waals surface area contributed by atoms with E-state index in [9.17, 15) is 9.90 Å². The summed E-state index contributed by atoms with van der Waals surface area (Å²) in [7, 11) is 0. The van der Waals surface area contributed by atoms with Crippen LogP contribution in [0.25, 0.3) is 0 Å². The number of benzene rings is 1. The van der Waals surface area contributed by atoms with Crippen LogP contribution in [0.2, 0.25) is 5.02 Å². The Hall–Kier alpha value is -2.22. The lowest BCUT2D eigenvalue weighted by molar-refractivity contribution is -0.139. The van der Waals surface area contributed by atoms with E-state index in [2.05, 4.69) is 27.1 Å². The molecule has 2 saturated heterocycles. The minimum Gasteiger partial charge on any atom is -0.387 e. The van der Waals surface area contributed by atoms with Crippen molar-refractivity contribution >= 4 is 23.3 Å². The smallest absolute Gasteiger partial charge is 0.233 e. The average Bonchev–Trinajstić information content (AvgIpc) is 3.13. The van der Waals surface area contributed by atoms with Gasteiger partial charge in [-0.2, -0.15) is 0 Å². The maximum absolute atomic E-state index is 13.9. The van der Waals surface area contributed by atoms with Crippen LogP contribution in [-0.2, 0) is 10.2 Å². The molecule has 5 rings (SSSR count). The van der Waals surface area contributed by atoms with Crippen molar-refractivity contribution in [3.05, 3.63) is 52.4 Å². The fourth-order valence-corrected chi connectivity index (χ4v) is 5.75. The van der Waals surface area contributed by atoms with Crippen molar-refractivity contribution in [2.75, 3.05) is 44.2 Å². The van der Waals surface area contributed by atoms with Crippen molar-refractivity contribution in [1.82, 2.24) is 20.2 Å². The van der Waals surface area contributed by atoms with Gasteiger partial charge >= 0.3 is 0 Å². The van der Waals surface area contributed by atoms with Gasteiger partial charge in [-0.1, -0.05) is 30.7 Å². The van der Waals surface area contributed by atoms with Crippen LogP contribution in [0.5, 0.6) is 0 Å². The maximum atomic E-state index is 13.9. The molecule has 170 valence electrons. The van der Waals surface area contributed by atoms with Gasteiger partial charge in [0.05, 0.1) is 17.2 Å². The van der Waals surface area contributed by atoms with Crippen molar-refractivity contribution in [3.8, 4) is 0 Å². The molecule has 2 atom stereocenters. The molecule has 1 aromatic heterocycles. The van der Waals surface area contributed by atoms with Crippen LogP contribution in [-0.4, -0.2) is 65.2 Å². The van der Waals surface area contributed by atoms with Crippen LogP contribution in [0.4, 0.5) is 5.82 Å². The minimum absolute atomic E-state index is 0.220. The first kappa shape index (κ1) is 21.6. The first-order chi connectivity index (χ1) is 15.5. The van der Waals surface area contributed by atoms with Crippen molar-refractivity contribution in [3.63, 3.8) is 0 Å². The van der Waals surface area contributed by atoms with E-state index >= 15 is 0 Å². The van der Waals surface area contributed by atoms with E-state index in [-0.39, 0.29) is 11.8 Å². The van der Waals surface area contributed by atoms with Crippen molar-refractivity contribution in [1.29, 1.82) is 0 Å². The highest BCUT2D eigenvalue weighted by Crippen LogP contribution is 2.43. The summed E-state index contributed by atoms with van der Waals surface area (Å²) in [5.41, 5.74) is 2.40. The molecule has 3 aliphatic rings. The highest BCUT2D eigenvalue weighted by atomic mass is 35.5. The highest BCUT2D eigenvalue weighted by Gasteiger charge is 2.44. The molecule has 0 spiro atoms. The van der Waals surface area contributed by atoms with Crippen LogP contribution in [0.3, 0.4) is 0 Å². The zero-order valence-corrected chi connectivity index (χ0v) is 19.2. The second kappa shape index (κ2) is 8.61. The normalized spacial score (nSPS) is 25.0. The third-order valence-electron chi connectivity index (χ3n) is 7.41. The zero-order chi connectivity index (χ0) is 22.3. The second-order valence-corrected chi connectivity index (χ2v) is 9.70. The molecule has 2 fully saturated rings. The molecule has 1 amide bonds. The molecule has 3 heterocycles. The molecule has 2 N–H and O–H groups in total. The van der Waals surface area contributed by atoms with Gasteiger partial charge < -0.3 is 20.2 Å². The topological polar surface area (TPSA) is 81.6 Å². The Bertz CT molecular complexity index is 984. The average molecular weight is 456 g/mol. The number of aromatic nitrogens is 2. The molecule has 32 heavy (non-hydrogen) atoms. The minimum atomic E-state index is -0.510. The lowest BCUT2D eigenvalue weighted by Gasteiger charge is -2.43. The number of halogens is 1. The van der Waals surface area contributed by atoms with Gasteiger partial charge in [0.2, 0.25) is 5.91 Å². The largest absolute Gasteiger partial charge is 0.387 e. The molecule has 0 radical (unpaired) electrons. The maximum Gasteiger partial charge on any atom is 0.233 e. The van der Waals surface area contributed by atoms with Crippen LogP contribution in [0.15, 0.2) is 30.6 Å². The number of rotatable bonds is 3. The van der Waals surface area contributed by atoms with Gasteiger partial charge in [0, 0.05) is 36.8 Å². The molecule has 1 aromatic carbocycles. The number of piperazine rings is 1. The number of anilines is 1. The van der Waals surface area contributed by atoms with Crippen LogP contribution >= 0.6 is 11.6 Å². The first-order valence-corrected chi connectivity index (χ1v) is 11.9. The number of aliphatic hydroxyl groups is 1. The Morgan fingerprint density at radius 2 is 1.81 bits per heavy atom. The highest BCUT2D eigenvalue weighted by molar-refractivity contribution is 6.30. The third kappa shape index (κ3) is 3.66. The van der Waals surface area contributed by atoms with Gasteiger partial charge in [-0.15, -0.1) is 0 Å². The lowest BCUT2D eigenvalue weighted by Crippen LogP contribution is -2.57. The fraction of sp³-hybridized carbons (Fsp3) is 0.542. The number of fused-ring (bicyclic) bond motifs is 1. The van der Waals surface area contributed by atoms with Gasteiger partial charge in [0.1, 0.15) is 12.1 Å². The van der Waals surface area contributed by atoms with Gasteiger partial charge in [0.15, 0.2) is 0 Å². The number of amides is 1. The zero-order valence-electron chi connectivity index (χ0n) is 18.4. The summed E-state index contributed by atoms with van der Waals surface area (Å²) in [6.07, 6.45) is 3.32. The van der Waals surface area contributed by atoms with Gasteiger partial charge in [-0.25, -0.2) is 9.97 Å². The number of aliphatic hydroxyl groups excluding tert-OH is 1. The summed E-state index contributed by atoms with van der Waals surface area (Å²) >= 11 is 6.12. The number of hydrogen-bond donors (Lipinski definition) is 2. The molecule has 1 aliphatic carbocycles. The van der Waals surface area contributed by atoms with E-state index in [4.69, 9.17) is 11.6 Å². The second-order valence-electron chi connectivity index (χ2n) is 9.27. The van der Waals surface area contributed by atoms with E-state index in [1.165, 1.54) is 0 Å². The third-order valence-corrected chi connectivity index (χ3v) is 7.66. The summed E-state index contributed by atoms with van der Waals surface area (Å²) in [6, 6.07) is 7.80. The van der Waals surface area contributed by atoms with Gasteiger partial charge in [-0.05, 0) is 56.0 Å². The molecule has 7 nitrogen and oxygen atoms in total. The Balaban J connectivity index is 1.35. The Morgan fingerprint density at radius 3 is 2.50 bits per heavy atom. The quantitative estimate of drug-likeness (QED) is 0.740. The molecular formula is C24H30ClN5O2. The predicted molar refractivity (Wildman–Crippen MR) is 124 cm³/mol. The number of carbonyl (C=O) groups is 1. The van der Waals surface area contributed by atoms with Crippen molar-refractivity contribution < 1.29 is 9.90 Å². The van der Waals surface area contributed by atoms with E-state index < -0.39 is 11.5 Å². The molecular weight excluding hydrogens is 426 g/mol. The predicted octanol–water partition coefficient (Wildman–Crippen LogP) is 2.64. The fourth-order valence-electron chi connectivity index (χ4n) is 5.63. The summed E-state index contributed by atoms with van der Waals surface area (Å²) < 4.78 is 0. The summed E-state index contributed by atoms with van der Waals surface area (Å²) in [6.45, 7) is 6.58. The molecule has 8 heteroatoms. The van der Waals surface area contributed by atoms with E-state index in [1.54, 1.807) is 6.33 Å². The van der Waals surface area contributed by atoms with Gasteiger partial charge in [-0.3, -0.25) is 4.79 Å². The van der Waals surface area contributed by atoms with Crippen LogP contribution in [0, 0.1) is 0 Å². The van der Waals surface area contributed by atoms with Gasteiger partial charge in [0.25, 0.3) is 0 Å². The number of hydrogen-bond acceptors (Lipinski definition) is 6. The van der Waals surface area contributed by atoms with E-state index in [0.717, 1.165) is 61.7 Å². The number of carbonyl (C=O) groups excluding carboxylic acids is 1. The number of nitrogens with zero attached hydrogens (tertiary/aromatic N) is 4. The summed E-state index contributed by atoms with van der Waals surface area (Å²) in [4.78, 5) is 27.0. The molecule has 0 unspecified atom stereocenters. The van der Waals surface area contributed by atoms with Crippen molar-refractivity contribution in [2.45, 2.75) is 43.6 Å². The Morgan fingerprint density at radius 1 is 1.12 bits per heavy atom. The molecule has 2 aliphatic heterocycles. The lowest BCUT2D eigenvalue weighted by atomic mass is 9.72. The first-order valence-electron chi connectivity index (χ1n) is 11.5. The van der Waals surface area contributed by atoms with Crippen LogP contribution in [0.1, 0.15) is 55.0 Å². The van der Waals surface area contributed by atoms with E-state index in [0.29, 0.717) is 24.5 Å². The summed E-state index contributed by atoms with van der Waals surface area (Å²) in [5, 5.41) is 14.4. The number of piperidine rings is 1. The van der Waals surface area contributed by atoms with Crippen molar-refractivity contribution in [2.24, 2.45) is 0 Å². The SMILES string of the molecule is C[C@@H]1C[C@@H](O)c2ncnc(N3CCN(C(=O)C4(c5ccc(Cl)cc5)CCNCC4)CC3)c21. The monoisotopic (exact) mass is 455 g/mol. The van der Waals surface area contributed by atoms with E-state index in [1.807, 2.05) is 29.2 Å². The number of nitrogens with one attached hydrogen (secondary N) is 1. The Labute approximate surface area is 193 Å².